The summed E-state index contributed by atoms with van der Waals surface area (Å²) in [6, 6.07) is 4.68. The van der Waals surface area contributed by atoms with Crippen LogP contribution in [0.4, 0.5) is 11.4 Å². The lowest BCUT2D eigenvalue weighted by molar-refractivity contribution is -0.384. The van der Waals surface area contributed by atoms with Crippen molar-refractivity contribution >= 4 is 17.3 Å². The van der Waals surface area contributed by atoms with Gasteiger partial charge < -0.3 is 5.32 Å². The molecule has 0 saturated carbocycles. The summed E-state index contributed by atoms with van der Waals surface area (Å²) < 4.78 is 1.60. The third kappa shape index (κ3) is 2.76. The molecular formula is C14H16N4O3. The molecule has 0 unspecified atom stereocenters. The second-order valence-corrected chi connectivity index (χ2v) is 4.90. The zero-order chi connectivity index (χ0) is 15.7. The molecule has 110 valence electrons. The number of aromatic nitrogens is 2. The van der Waals surface area contributed by atoms with Crippen LogP contribution in [0.25, 0.3) is 0 Å². The van der Waals surface area contributed by atoms with E-state index >= 15 is 0 Å². The Morgan fingerprint density at radius 3 is 2.52 bits per heavy atom. The molecule has 1 N–H and O–H groups in total. The molecule has 1 amide bonds. The van der Waals surface area contributed by atoms with Crippen molar-refractivity contribution < 1.29 is 9.72 Å². The number of hydrogen-bond acceptors (Lipinski definition) is 4. The molecule has 2 aromatic rings. The number of benzene rings is 1. The van der Waals surface area contributed by atoms with Gasteiger partial charge in [-0.3, -0.25) is 19.6 Å². The van der Waals surface area contributed by atoms with Gasteiger partial charge in [-0.15, -0.1) is 0 Å². The Kier molecular flexibility index (Phi) is 3.75. The van der Waals surface area contributed by atoms with Crippen LogP contribution in [0.3, 0.4) is 0 Å². The van der Waals surface area contributed by atoms with Gasteiger partial charge in [0, 0.05) is 18.8 Å². The zero-order valence-corrected chi connectivity index (χ0v) is 12.3. The molecule has 0 saturated heterocycles. The monoisotopic (exact) mass is 288 g/mol. The third-order valence-corrected chi connectivity index (χ3v) is 3.33. The van der Waals surface area contributed by atoms with Crippen molar-refractivity contribution in [2.24, 2.45) is 7.05 Å². The van der Waals surface area contributed by atoms with Gasteiger partial charge in [-0.05, 0) is 32.4 Å². The Bertz CT molecular complexity index is 734. The maximum Gasteiger partial charge on any atom is 0.293 e. The second-order valence-electron chi connectivity index (χ2n) is 4.90. The number of nitrogens with zero attached hydrogens (tertiary/aromatic N) is 3. The zero-order valence-electron chi connectivity index (χ0n) is 12.3. The highest BCUT2D eigenvalue weighted by Crippen LogP contribution is 2.26. The molecule has 0 aliphatic heterocycles. The number of aryl methyl sites for hydroxylation is 3. The molecule has 0 aliphatic carbocycles. The molecule has 0 radical (unpaired) electrons. The Balaban J connectivity index is 2.38. The van der Waals surface area contributed by atoms with Crippen LogP contribution in [0.1, 0.15) is 27.3 Å². The van der Waals surface area contributed by atoms with Gasteiger partial charge in [-0.1, -0.05) is 6.07 Å². The molecule has 0 aliphatic rings. The van der Waals surface area contributed by atoms with Crippen molar-refractivity contribution in [3.63, 3.8) is 0 Å². The SMILES string of the molecule is Cc1ccc(NC(=O)c2c(C)nn(C)c2C)c([N+](=O)[O-])c1. The molecule has 0 bridgehead atoms. The molecule has 1 aromatic carbocycles. The lowest BCUT2D eigenvalue weighted by Crippen LogP contribution is -2.15. The Hall–Kier alpha value is -2.70. The Morgan fingerprint density at radius 1 is 1.33 bits per heavy atom. The summed E-state index contributed by atoms with van der Waals surface area (Å²) in [5.74, 6) is -0.398. The van der Waals surface area contributed by atoms with Gasteiger partial charge in [-0.25, -0.2) is 0 Å². The predicted molar refractivity (Wildman–Crippen MR) is 78.5 cm³/mol. The number of nitro groups is 1. The molecular weight excluding hydrogens is 272 g/mol. The lowest BCUT2D eigenvalue weighted by atomic mass is 10.1. The fourth-order valence-corrected chi connectivity index (χ4v) is 2.19. The summed E-state index contributed by atoms with van der Waals surface area (Å²) >= 11 is 0. The first-order valence-corrected chi connectivity index (χ1v) is 6.38. The Morgan fingerprint density at radius 2 is 2.00 bits per heavy atom. The number of amides is 1. The van der Waals surface area contributed by atoms with E-state index in [0.717, 1.165) is 5.56 Å². The van der Waals surface area contributed by atoms with Crippen LogP contribution < -0.4 is 5.32 Å². The van der Waals surface area contributed by atoms with E-state index in [4.69, 9.17) is 0 Å². The van der Waals surface area contributed by atoms with Crippen LogP contribution in [-0.4, -0.2) is 20.6 Å². The number of carbonyl (C=O) groups excluding carboxylic acids is 1. The van der Waals surface area contributed by atoms with Gasteiger partial charge in [-0.2, -0.15) is 5.10 Å². The standard InChI is InChI=1S/C14H16N4O3/c1-8-5-6-11(12(7-8)18(20)21)15-14(19)13-9(2)16-17(4)10(13)3/h5-7H,1-4H3,(H,15,19). The van der Waals surface area contributed by atoms with Crippen LogP contribution >= 0.6 is 0 Å². The van der Waals surface area contributed by atoms with Crippen molar-refractivity contribution in [3.05, 3.63) is 50.8 Å². The van der Waals surface area contributed by atoms with E-state index in [1.165, 1.54) is 12.1 Å². The molecule has 2 rings (SSSR count). The van der Waals surface area contributed by atoms with Crippen molar-refractivity contribution in [1.82, 2.24) is 9.78 Å². The molecule has 7 nitrogen and oxygen atoms in total. The average Bonchev–Trinajstić information content (AvgIpc) is 2.65. The van der Waals surface area contributed by atoms with Crippen LogP contribution in [0, 0.1) is 30.9 Å². The van der Waals surface area contributed by atoms with Crippen LogP contribution in [0.2, 0.25) is 0 Å². The first-order valence-electron chi connectivity index (χ1n) is 6.38. The van der Waals surface area contributed by atoms with Gasteiger partial charge >= 0.3 is 0 Å². The van der Waals surface area contributed by atoms with E-state index in [2.05, 4.69) is 10.4 Å². The maximum atomic E-state index is 12.3. The summed E-state index contributed by atoms with van der Waals surface area (Å²) in [5.41, 5.74) is 2.55. The topological polar surface area (TPSA) is 90.1 Å². The van der Waals surface area contributed by atoms with Crippen molar-refractivity contribution in [2.45, 2.75) is 20.8 Å². The minimum Gasteiger partial charge on any atom is -0.316 e. The van der Waals surface area contributed by atoms with Crippen LogP contribution in [-0.2, 0) is 7.05 Å². The molecule has 0 atom stereocenters. The van der Waals surface area contributed by atoms with E-state index in [1.807, 2.05) is 0 Å². The van der Waals surface area contributed by atoms with Gasteiger partial charge in [0.05, 0.1) is 16.2 Å². The number of anilines is 1. The highest BCUT2D eigenvalue weighted by atomic mass is 16.6. The van der Waals surface area contributed by atoms with Crippen molar-refractivity contribution in [1.29, 1.82) is 0 Å². The van der Waals surface area contributed by atoms with Gasteiger partial charge in [0.2, 0.25) is 0 Å². The van der Waals surface area contributed by atoms with Crippen molar-refractivity contribution in [3.8, 4) is 0 Å². The molecule has 0 fully saturated rings. The summed E-state index contributed by atoms with van der Waals surface area (Å²) in [4.78, 5) is 22.9. The second kappa shape index (κ2) is 5.35. The van der Waals surface area contributed by atoms with Gasteiger partial charge in [0.1, 0.15) is 5.69 Å². The van der Waals surface area contributed by atoms with E-state index in [1.54, 1.807) is 38.6 Å². The molecule has 21 heavy (non-hydrogen) atoms. The quantitative estimate of drug-likeness (QED) is 0.694. The smallest absolute Gasteiger partial charge is 0.293 e. The number of carbonyl (C=O) groups is 1. The summed E-state index contributed by atoms with van der Waals surface area (Å²) in [7, 11) is 1.74. The van der Waals surface area contributed by atoms with E-state index in [-0.39, 0.29) is 11.4 Å². The fourth-order valence-electron chi connectivity index (χ4n) is 2.19. The largest absolute Gasteiger partial charge is 0.316 e. The highest BCUT2D eigenvalue weighted by molar-refractivity contribution is 6.06. The van der Waals surface area contributed by atoms with Gasteiger partial charge in [0.25, 0.3) is 11.6 Å². The number of nitrogens with one attached hydrogen (secondary N) is 1. The number of rotatable bonds is 3. The van der Waals surface area contributed by atoms with E-state index in [0.29, 0.717) is 17.0 Å². The third-order valence-electron chi connectivity index (χ3n) is 3.33. The molecule has 1 heterocycles. The maximum absolute atomic E-state index is 12.3. The van der Waals surface area contributed by atoms with Gasteiger partial charge in [0.15, 0.2) is 0 Å². The number of nitro benzene ring substituents is 1. The molecule has 7 heteroatoms. The normalized spacial score (nSPS) is 10.5. The fraction of sp³-hybridized carbons (Fsp3) is 0.286. The average molecular weight is 288 g/mol. The molecule has 1 aromatic heterocycles. The van der Waals surface area contributed by atoms with E-state index in [9.17, 15) is 14.9 Å². The van der Waals surface area contributed by atoms with Crippen LogP contribution in [0.5, 0.6) is 0 Å². The minimum absolute atomic E-state index is 0.123. The summed E-state index contributed by atoms with van der Waals surface area (Å²) in [6.45, 7) is 5.26. The summed E-state index contributed by atoms with van der Waals surface area (Å²) in [5, 5.41) is 17.8. The first-order chi connectivity index (χ1) is 9.81. The summed E-state index contributed by atoms with van der Waals surface area (Å²) in [6.07, 6.45) is 0. The molecule has 0 spiro atoms. The minimum atomic E-state index is -0.508. The van der Waals surface area contributed by atoms with Crippen LogP contribution in [0.15, 0.2) is 18.2 Å². The van der Waals surface area contributed by atoms with E-state index < -0.39 is 10.8 Å². The first kappa shape index (κ1) is 14.7. The number of hydrogen-bond donors (Lipinski definition) is 1. The highest BCUT2D eigenvalue weighted by Gasteiger charge is 2.21. The Labute approximate surface area is 121 Å². The lowest BCUT2D eigenvalue weighted by Gasteiger charge is -2.07. The van der Waals surface area contributed by atoms with Crippen molar-refractivity contribution in [2.75, 3.05) is 5.32 Å². The predicted octanol–water partition coefficient (Wildman–Crippen LogP) is 2.51.